The van der Waals surface area contributed by atoms with Gasteiger partial charge >= 0.3 is 0 Å². The highest BCUT2D eigenvalue weighted by atomic mass is 15.2. The van der Waals surface area contributed by atoms with Crippen molar-refractivity contribution >= 4 is 5.69 Å². The Labute approximate surface area is 104 Å². The summed E-state index contributed by atoms with van der Waals surface area (Å²) in [5.41, 5.74) is 1.35. The minimum absolute atomic E-state index is 0.600. The van der Waals surface area contributed by atoms with E-state index < -0.39 is 0 Å². The normalized spacial score (nSPS) is 22.5. The molecule has 1 aliphatic heterocycles. The molecular weight excluding hydrogens is 210 g/mol. The Morgan fingerprint density at radius 3 is 2.71 bits per heavy atom. The molecule has 0 radical (unpaired) electrons. The molecule has 3 nitrogen and oxygen atoms in total. The summed E-state index contributed by atoms with van der Waals surface area (Å²) in [5.74, 6) is 0. The smallest absolute Gasteiger partial charge is 0.0392 e. The van der Waals surface area contributed by atoms with Crippen LogP contribution in [0.3, 0.4) is 0 Å². The second kappa shape index (κ2) is 6.03. The third-order valence-electron chi connectivity index (χ3n) is 3.55. The molecule has 1 saturated heterocycles. The summed E-state index contributed by atoms with van der Waals surface area (Å²) in [6, 6.07) is 11.3. The van der Waals surface area contributed by atoms with Crippen LogP contribution in [0.15, 0.2) is 30.3 Å². The van der Waals surface area contributed by atoms with E-state index in [0.29, 0.717) is 6.04 Å². The third-order valence-corrected chi connectivity index (χ3v) is 3.55. The number of nitrogens with one attached hydrogen (secondary N) is 1. The van der Waals surface area contributed by atoms with E-state index >= 15 is 0 Å². The molecular formula is C14H23N3. The molecule has 1 fully saturated rings. The molecule has 17 heavy (non-hydrogen) atoms. The van der Waals surface area contributed by atoms with Gasteiger partial charge in [-0.3, -0.25) is 0 Å². The highest BCUT2D eigenvalue weighted by Gasteiger charge is 2.21. The molecule has 3 heteroatoms. The summed E-state index contributed by atoms with van der Waals surface area (Å²) in [4.78, 5) is 4.98. The van der Waals surface area contributed by atoms with Crippen LogP contribution in [0.2, 0.25) is 0 Å². The van der Waals surface area contributed by atoms with Gasteiger partial charge < -0.3 is 15.1 Å². The third kappa shape index (κ3) is 3.20. The Kier molecular flexibility index (Phi) is 4.40. The second-order valence-electron chi connectivity index (χ2n) is 4.83. The summed E-state index contributed by atoms with van der Waals surface area (Å²) >= 11 is 0. The van der Waals surface area contributed by atoms with Gasteiger partial charge in [-0.05, 0) is 39.2 Å². The zero-order valence-corrected chi connectivity index (χ0v) is 10.9. The van der Waals surface area contributed by atoms with Crippen molar-refractivity contribution in [2.45, 2.75) is 12.5 Å². The molecule has 0 aromatic heterocycles. The summed E-state index contributed by atoms with van der Waals surface area (Å²) in [7, 11) is 4.27. The number of anilines is 1. The molecule has 0 aliphatic carbocycles. The fourth-order valence-corrected chi connectivity index (χ4v) is 2.51. The van der Waals surface area contributed by atoms with Crippen LogP contribution in [-0.2, 0) is 0 Å². The fraction of sp³-hybridized carbons (Fsp3) is 0.571. The van der Waals surface area contributed by atoms with Gasteiger partial charge in [-0.1, -0.05) is 18.2 Å². The van der Waals surface area contributed by atoms with Gasteiger partial charge in [-0.15, -0.1) is 0 Å². The van der Waals surface area contributed by atoms with Crippen LogP contribution in [0.1, 0.15) is 6.42 Å². The Morgan fingerprint density at radius 2 is 2.00 bits per heavy atom. The van der Waals surface area contributed by atoms with Crippen molar-refractivity contribution in [2.24, 2.45) is 0 Å². The molecule has 0 spiro atoms. The van der Waals surface area contributed by atoms with E-state index in [0.717, 1.165) is 19.6 Å². The van der Waals surface area contributed by atoms with Crippen molar-refractivity contribution in [2.75, 3.05) is 45.2 Å². The zero-order valence-electron chi connectivity index (χ0n) is 10.9. The van der Waals surface area contributed by atoms with Crippen molar-refractivity contribution in [1.82, 2.24) is 10.2 Å². The van der Waals surface area contributed by atoms with Gasteiger partial charge in [-0.25, -0.2) is 0 Å². The van der Waals surface area contributed by atoms with Crippen LogP contribution in [0.25, 0.3) is 0 Å². The second-order valence-corrected chi connectivity index (χ2v) is 4.83. The van der Waals surface area contributed by atoms with Crippen LogP contribution in [0.4, 0.5) is 5.69 Å². The predicted molar refractivity (Wildman–Crippen MR) is 73.6 cm³/mol. The average molecular weight is 233 g/mol. The van der Waals surface area contributed by atoms with Crippen molar-refractivity contribution < 1.29 is 0 Å². The summed E-state index contributed by atoms with van der Waals surface area (Å²) in [6.07, 6.45) is 1.24. The van der Waals surface area contributed by atoms with Gasteiger partial charge in [0.1, 0.15) is 0 Å². The first-order valence-electron chi connectivity index (χ1n) is 6.46. The quantitative estimate of drug-likeness (QED) is 0.852. The first-order chi connectivity index (χ1) is 8.31. The van der Waals surface area contributed by atoms with Gasteiger partial charge in [-0.2, -0.15) is 0 Å². The van der Waals surface area contributed by atoms with E-state index in [1.807, 2.05) is 7.05 Å². The maximum atomic E-state index is 3.30. The first kappa shape index (κ1) is 12.4. The Hall–Kier alpha value is -1.06. The van der Waals surface area contributed by atoms with Crippen molar-refractivity contribution in [3.05, 3.63) is 30.3 Å². The average Bonchev–Trinajstić information content (AvgIpc) is 2.54. The SMILES string of the molecule is CNCC1CN(c2ccccc2)CCCN1C. The molecule has 0 saturated carbocycles. The van der Waals surface area contributed by atoms with Crippen LogP contribution in [-0.4, -0.2) is 51.2 Å². The van der Waals surface area contributed by atoms with E-state index in [4.69, 9.17) is 0 Å². The van der Waals surface area contributed by atoms with E-state index in [9.17, 15) is 0 Å². The predicted octanol–water partition coefficient (Wildman–Crippen LogP) is 1.42. The monoisotopic (exact) mass is 233 g/mol. The lowest BCUT2D eigenvalue weighted by Crippen LogP contribution is -2.44. The molecule has 1 aliphatic rings. The summed E-state index contributed by atoms with van der Waals surface area (Å²) in [6.45, 7) is 4.52. The number of hydrogen-bond donors (Lipinski definition) is 1. The number of para-hydroxylation sites is 1. The zero-order chi connectivity index (χ0) is 12.1. The molecule has 1 atom stereocenters. The standard InChI is InChI=1S/C14H23N3/c1-15-11-14-12-17(10-6-9-16(14)2)13-7-4-3-5-8-13/h3-5,7-8,14-15H,6,9-12H2,1-2H3. The maximum absolute atomic E-state index is 3.30. The Morgan fingerprint density at radius 1 is 1.24 bits per heavy atom. The molecule has 0 amide bonds. The fourth-order valence-electron chi connectivity index (χ4n) is 2.51. The van der Waals surface area contributed by atoms with Crippen LogP contribution >= 0.6 is 0 Å². The highest BCUT2D eigenvalue weighted by Crippen LogP contribution is 2.17. The lowest BCUT2D eigenvalue weighted by atomic mass is 10.2. The Bertz CT molecular complexity index is 325. The van der Waals surface area contributed by atoms with Crippen molar-refractivity contribution in [1.29, 1.82) is 0 Å². The number of benzene rings is 1. The molecule has 94 valence electrons. The van der Waals surface area contributed by atoms with Crippen molar-refractivity contribution in [3.63, 3.8) is 0 Å². The number of nitrogens with zero attached hydrogens (tertiary/aromatic N) is 2. The minimum Gasteiger partial charge on any atom is -0.370 e. The van der Waals surface area contributed by atoms with E-state index in [1.165, 1.54) is 18.7 Å². The van der Waals surface area contributed by atoms with Gasteiger partial charge in [0.25, 0.3) is 0 Å². The molecule has 2 rings (SSSR count). The number of rotatable bonds is 3. The van der Waals surface area contributed by atoms with Crippen LogP contribution in [0.5, 0.6) is 0 Å². The maximum Gasteiger partial charge on any atom is 0.0392 e. The van der Waals surface area contributed by atoms with E-state index in [2.05, 4.69) is 52.5 Å². The number of likely N-dealkylation sites (N-methyl/N-ethyl adjacent to an activating group) is 2. The molecule has 1 heterocycles. The highest BCUT2D eigenvalue weighted by molar-refractivity contribution is 5.46. The van der Waals surface area contributed by atoms with Crippen LogP contribution in [0, 0.1) is 0 Å². The van der Waals surface area contributed by atoms with Gasteiger partial charge in [0.05, 0.1) is 0 Å². The lowest BCUT2D eigenvalue weighted by molar-refractivity contribution is 0.257. The lowest BCUT2D eigenvalue weighted by Gasteiger charge is -2.30. The molecule has 0 bridgehead atoms. The molecule has 1 N–H and O–H groups in total. The largest absolute Gasteiger partial charge is 0.370 e. The topological polar surface area (TPSA) is 18.5 Å². The summed E-state index contributed by atoms with van der Waals surface area (Å²) < 4.78 is 0. The van der Waals surface area contributed by atoms with Gasteiger partial charge in [0.15, 0.2) is 0 Å². The van der Waals surface area contributed by atoms with E-state index in [1.54, 1.807) is 0 Å². The molecule has 1 unspecified atom stereocenters. The van der Waals surface area contributed by atoms with Crippen LogP contribution < -0.4 is 10.2 Å². The molecule has 1 aromatic rings. The minimum atomic E-state index is 0.600. The van der Waals surface area contributed by atoms with Gasteiger partial charge in [0.2, 0.25) is 0 Å². The van der Waals surface area contributed by atoms with Gasteiger partial charge in [0, 0.05) is 31.4 Å². The van der Waals surface area contributed by atoms with E-state index in [-0.39, 0.29) is 0 Å². The molecule has 1 aromatic carbocycles. The summed E-state index contributed by atoms with van der Waals surface area (Å²) in [5, 5.41) is 3.30. The van der Waals surface area contributed by atoms with Crippen molar-refractivity contribution in [3.8, 4) is 0 Å². The Balaban J connectivity index is 2.08. The first-order valence-corrected chi connectivity index (χ1v) is 6.46. The number of hydrogen-bond acceptors (Lipinski definition) is 3.